The minimum atomic E-state index is -1.97. The van der Waals surface area contributed by atoms with Gasteiger partial charge in [-0.1, -0.05) is 25.5 Å². The van der Waals surface area contributed by atoms with Gasteiger partial charge in [-0.3, -0.25) is 9.59 Å². The molecule has 1 aromatic rings. The van der Waals surface area contributed by atoms with Crippen LogP contribution in [0.3, 0.4) is 0 Å². The standard InChI is InChI=1S/C32H41FO6/c1-20-17-26-25-13-8-21-18-22(34)14-15-29(21,2)31(25,33)28(36)19-30(26,3)32(20,37)27(35)7-5-6-16-39-24-11-9-23(38-4)10-12-24/h9-12,14-15,18,20,25-26,28,36-37H,5-8,13,16-17,19H2,1-4H3/t20-,25+,26+,28+,29+,30+,31+,32+/m1/s1. The van der Waals surface area contributed by atoms with Crippen LogP contribution in [0.1, 0.15) is 65.7 Å². The molecule has 0 spiro atoms. The predicted octanol–water partition coefficient (Wildman–Crippen LogP) is 5.16. The number of ether oxygens (including phenoxy) is 2. The van der Waals surface area contributed by atoms with Crippen LogP contribution >= 0.6 is 0 Å². The minimum Gasteiger partial charge on any atom is -0.497 e. The smallest absolute Gasteiger partial charge is 0.178 e. The topological polar surface area (TPSA) is 93.1 Å². The Balaban J connectivity index is 1.29. The molecule has 4 aliphatic rings. The van der Waals surface area contributed by atoms with Gasteiger partial charge in [0.2, 0.25) is 0 Å². The lowest BCUT2D eigenvalue weighted by atomic mass is 9.44. The van der Waals surface area contributed by atoms with E-state index in [1.54, 1.807) is 20.1 Å². The summed E-state index contributed by atoms with van der Waals surface area (Å²) in [5.74, 6) is -0.0227. The molecule has 1 aromatic carbocycles. The minimum absolute atomic E-state index is 0.00246. The average Bonchev–Trinajstić information content (AvgIpc) is 3.11. The number of rotatable bonds is 8. The van der Waals surface area contributed by atoms with Gasteiger partial charge in [0.15, 0.2) is 17.2 Å². The molecule has 8 atom stereocenters. The monoisotopic (exact) mass is 540 g/mol. The van der Waals surface area contributed by atoms with Crippen molar-refractivity contribution in [2.75, 3.05) is 13.7 Å². The molecule has 0 saturated heterocycles. The Labute approximate surface area is 230 Å². The van der Waals surface area contributed by atoms with Gasteiger partial charge in [-0.05, 0) is 93.7 Å². The van der Waals surface area contributed by atoms with Crippen LogP contribution < -0.4 is 9.47 Å². The molecule has 3 saturated carbocycles. The van der Waals surface area contributed by atoms with Crippen LogP contribution in [-0.4, -0.2) is 52.9 Å². The maximum atomic E-state index is 17.3. The molecule has 5 rings (SSSR count). The molecule has 3 fully saturated rings. The van der Waals surface area contributed by atoms with Gasteiger partial charge in [0.1, 0.15) is 17.1 Å². The number of halogens is 1. The molecule has 0 heterocycles. The molecule has 39 heavy (non-hydrogen) atoms. The van der Waals surface area contributed by atoms with E-state index in [0.29, 0.717) is 38.7 Å². The molecular weight excluding hydrogens is 499 g/mol. The number of benzene rings is 1. The summed E-state index contributed by atoms with van der Waals surface area (Å²) in [5.41, 5.74) is -4.89. The van der Waals surface area contributed by atoms with Crippen molar-refractivity contribution in [3.05, 3.63) is 48.1 Å². The van der Waals surface area contributed by atoms with Crippen molar-refractivity contribution >= 4 is 11.6 Å². The van der Waals surface area contributed by atoms with Crippen molar-refractivity contribution in [2.45, 2.75) is 83.1 Å². The Morgan fingerprint density at radius 2 is 1.82 bits per heavy atom. The molecule has 0 aromatic heterocycles. The number of unbranched alkanes of at least 4 members (excludes halogenated alkanes) is 1. The van der Waals surface area contributed by atoms with E-state index in [-0.39, 0.29) is 36.2 Å². The van der Waals surface area contributed by atoms with Crippen LogP contribution in [0.15, 0.2) is 48.1 Å². The lowest BCUT2D eigenvalue weighted by Gasteiger charge is -2.62. The van der Waals surface area contributed by atoms with Gasteiger partial charge in [-0.15, -0.1) is 0 Å². The molecule has 6 nitrogen and oxygen atoms in total. The molecule has 0 amide bonds. The van der Waals surface area contributed by atoms with E-state index in [1.165, 1.54) is 12.2 Å². The third-order valence-electron chi connectivity index (χ3n) is 10.8. The number of aliphatic hydroxyl groups is 2. The number of fused-ring (bicyclic) bond motifs is 5. The van der Waals surface area contributed by atoms with Gasteiger partial charge in [0, 0.05) is 23.2 Å². The number of hydrogen-bond acceptors (Lipinski definition) is 6. The zero-order valence-electron chi connectivity index (χ0n) is 23.4. The summed E-state index contributed by atoms with van der Waals surface area (Å²) in [6.07, 6.45) is 6.19. The van der Waals surface area contributed by atoms with Gasteiger partial charge >= 0.3 is 0 Å². The molecule has 7 heteroatoms. The highest BCUT2D eigenvalue weighted by Gasteiger charge is 2.75. The summed E-state index contributed by atoms with van der Waals surface area (Å²) in [5, 5.41) is 23.6. The van der Waals surface area contributed by atoms with Gasteiger partial charge in [0.05, 0.1) is 19.8 Å². The Morgan fingerprint density at radius 3 is 2.51 bits per heavy atom. The first-order chi connectivity index (χ1) is 18.4. The molecular formula is C32H41FO6. The molecule has 0 aliphatic heterocycles. The fourth-order valence-corrected chi connectivity index (χ4v) is 8.58. The Bertz CT molecular complexity index is 1190. The highest BCUT2D eigenvalue weighted by atomic mass is 19.1. The molecule has 0 unspecified atom stereocenters. The summed E-state index contributed by atoms with van der Waals surface area (Å²) in [6, 6.07) is 7.31. The zero-order chi connectivity index (χ0) is 28.2. The van der Waals surface area contributed by atoms with Crippen molar-refractivity contribution in [1.29, 1.82) is 0 Å². The Morgan fingerprint density at radius 1 is 1.13 bits per heavy atom. The molecule has 0 bridgehead atoms. The first-order valence-corrected chi connectivity index (χ1v) is 14.3. The highest BCUT2D eigenvalue weighted by Crippen LogP contribution is 2.70. The van der Waals surface area contributed by atoms with Gasteiger partial charge in [0.25, 0.3) is 0 Å². The van der Waals surface area contributed by atoms with Crippen molar-refractivity contribution in [2.24, 2.45) is 28.6 Å². The van der Waals surface area contributed by atoms with Crippen LogP contribution in [0.4, 0.5) is 4.39 Å². The first kappa shape index (κ1) is 28.0. The molecule has 4 aliphatic carbocycles. The summed E-state index contributed by atoms with van der Waals surface area (Å²) < 4.78 is 28.2. The third-order valence-corrected chi connectivity index (χ3v) is 10.8. The van der Waals surface area contributed by atoms with Crippen LogP contribution in [0.5, 0.6) is 11.5 Å². The number of carbonyl (C=O) groups excluding carboxylic acids is 2. The second kappa shape index (κ2) is 9.84. The number of aliphatic hydroxyl groups excluding tert-OH is 1. The van der Waals surface area contributed by atoms with Crippen molar-refractivity contribution in [3.63, 3.8) is 0 Å². The SMILES string of the molecule is COc1ccc(OCCCCC(=O)[C@@]2(O)[C@H](C)C[C@H]3[C@@H]4CCC5=CC(=O)C=C[C@]5(C)[C@@]4(F)[C@@H](O)C[C@@]32C)cc1. The van der Waals surface area contributed by atoms with Crippen molar-refractivity contribution < 1.29 is 33.7 Å². The van der Waals surface area contributed by atoms with E-state index >= 15 is 4.39 Å². The quantitative estimate of drug-likeness (QED) is 0.443. The van der Waals surface area contributed by atoms with E-state index in [9.17, 15) is 19.8 Å². The van der Waals surface area contributed by atoms with Gasteiger partial charge in [-0.25, -0.2) is 4.39 Å². The number of alkyl halides is 1. The molecule has 212 valence electrons. The average molecular weight is 541 g/mol. The van der Waals surface area contributed by atoms with Crippen LogP contribution in [-0.2, 0) is 9.59 Å². The Hall–Kier alpha value is -2.51. The lowest BCUT2D eigenvalue weighted by Crippen LogP contribution is -2.69. The maximum absolute atomic E-state index is 17.3. The first-order valence-electron chi connectivity index (χ1n) is 14.3. The molecule has 0 radical (unpaired) electrons. The van der Waals surface area contributed by atoms with Gasteiger partial charge in [-0.2, -0.15) is 0 Å². The maximum Gasteiger partial charge on any atom is 0.178 e. The van der Waals surface area contributed by atoms with E-state index in [1.807, 2.05) is 38.1 Å². The third kappa shape index (κ3) is 4.02. The zero-order valence-corrected chi connectivity index (χ0v) is 23.4. The molecule has 2 N–H and O–H groups in total. The van der Waals surface area contributed by atoms with E-state index in [0.717, 1.165) is 17.1 Å². The van der Waals surface area contributed by atoms with Gasteiger partial charge < -0.3 is 19.7 Å². The van der Waals surface area contributed by atoms with Crippen molar-refractivity contribution in [3.8, 4) is 11.5 Å². The number of hydrogen-bond donors (Lipinski definition) is 2. The fraction of sp³-hybridized carbons (Fsp3) is 0.625. The predicted molar refractivity (Wildman–Crippen MR) is 145 cm³/mol. The van der Waals surface area contributed by atoms with Crippen molar-refractivity contribution in [1.82, 2.24) is 0 Å². The van der Waals surface area contributed by atoms with E-state index in [4.69, 9.17) is 9.47 Å². The number of ketones is 2. The summed E-state index contributed by atoms with van der Waals surface area (Å²) in [4.78, 5) is 25.7. The van der Waals surface area contributed by atoms with Crippen LogP contribution in [0.2, 0.25) is 0 Å². The second-order valence-corrected chi connectivity index (χ2v) is 12.6. The fourth-order valence-electron chi connectivity index (χ4n) is 8.58. The normalized spacial score (nSPS) is 40.8. The summed E-state index contributed by atoms with van der Waals surface area (Å²) in [6.45, 7) is 5.99. The van der Waals surface area contributed by atoms with E-state index in [2.05, 4.69) is 0 Å². The second-order valence-electron chi connectivity index (χ2n) is 12.6. The van der Waals surface area contributed by atoms with Crippen LogP contribution in [0, 0.1) is 28.6 Å². The summed E-state index contributed by atoms with van der Waals surface area (Å²) in [7, 11) is 1.61. The largest absolute Gasteiger partial charge is 0.497 e. The summed E-state index contributed by atoms with van der Waals surface area (Å²) >= 11 is 0. The number of allylic oxidation sites excluding steroid dienone is 4. The lowest BCUT2D eigenvalue weighted by molar-refractivity contribution is -0.218. The number of carbonyl (C=O) groups is 2. The van der Waals surface area contributed by atoms with E-state index < -0.39 is 34.1 Å². The number of methoxy groups -OCH3 is 1. The van der Waals surface area contributed by atoms with Crippen LogP contribution in [0.25, 0.3) is 0 Å². The Kier molecular flexibility index (Phi) is 7.08. The highest BCUT2D eigenvalue weighted by molar-refractivity contribution is 6.01. The number of Topliss-reactive ketones (excluding diaryl/α,β-unsaturated/α-hetero) is 1.